The standard InChI is InChI=1S/C12H20N2O3S2/c1-3-5-7-18-13-10(15)9-11(16)14(12(13)17)19-8-6-4-2/h9,15H,3-8H2,1-2H3. The van der Waals surface area contributed by atoms with Gasteiger partial charge in [-0.1, -0.05) is 26.7 Å². The molecule has 0 aliphatic rings. The molecule has 0 saturated carbocycles. The molecular formula is C12H20N2O3S2. The Kier molecular flexibility index (Phi) is 7.15. The summed E-state index contributed by atoms with van der Waals surface area (Å²) in [7, 11) is 0. The summed E-state index contributed by atoms with van der Waals surface area (Å²) < 4.78 is 2.31. The monoisotopic (exact) mass is 304 g/mol. The largest absolute Gasteiger partial charge is 0.494 e. The van der Waals surface area contributed by atoms with E-state index < -0.39 is 11.2 Å². The second kappa shape index (κ2) is 8.37. The number of aromatic hydroxyl groups is 1. The zero-order valence-electron chi connectivity index (χ0n) is 11.3. The maximum Gasteiger partial charge on any atom is 0.354 e. The lowest BCUT2D eigenvalue weighted by Gasteiger charge is -2.09. The minimum absolute atomic E-state index is 0.275. The van der Waals surface area contributed by atoms with Gasteiger partial charge in [0.1, 0.15) is 0 Å². The Morgan fingerprint density at radius 1 is 1.05 bits per heavy atom. The Morgan fingerprint density at radius 2 is 1.58 bits per heavy atom. The molecule has 7 heteroatoms. The van der Waals surface area contributed by atoms with E-state index in [-0.39, 0.29) is 5.88 Å². The molecule has 0 saturated heterocycles. The molecule has 0 aliphatic carbocycles. The molecule has 0 bridgehead atoms. The maximum absolute atomic E-state index is 12.1. The van der Waals surface area contributed by atoms with Gasteiger partial charge >= 0.3 is 5.69 Å². The predicted octanol–water partition coefficient (Wildman–Crippen LogP) is 2.31. The Balaban J connectivity index is 2.95. The van der Waals surface area contributed by atoms with Crippen molar-refractivity contribution in [2.24, 2.45) is 0 Å². The van der Waals surface area contributed by atoms with Gasteiger partial charge in [0.2, 0.25) is 5.88 Å². The second-order valence-corrected chi connectivity index (χ2v) is 6.15. The Hall–Kier alpha value is -0.820. The lowest BCUT2D eigenvalue weighted by Crippen LogP contribution is -2.34. The Morgan fingerprint density at radius 3 is 2.11 bits per heavy atom. The number of rotatable bonds is 8. The van der Waals surface area contributed by atoms with Crippen molar-refractivity contribution in [3.8, 4) is 5.88 Å². The van der Waals surface area contributed by atoms with Crippen molar-refractivity contribution in [1.82, 2.24) is 7.94 Å². The van der Waals surface area contributed by atoms with Crippen molar-refractivity contribution >= 4 is 23.9 Å². The van der Waals surface area contributed by atoms with Crippen LogP contribution in [0.3, 0.4) is 0 Å². The summed E-state index contributed by atoms with van der Waals surface area (Å²) in [5.41, 5.74) is -0.928. The van der Waals surface area contributed by atoms with E-state index in [0.717, 1.165) is 47.2 Å². The minimum atomic E-state index is -0.466. The topological polar surface area (TPSA) is 64.2 Å². The lowest BCUT2D eigenvalue weighted by molar-refractivity contribution is 0.441. The molecule has 1 aromatic rings. The zero-order chi connectivity index (χ0) is 14.3. The highest BCUT2D eigenvalue weighted by Gasteiger charge is 2.11. The number of unbranched alkanes of at least 4 members (excludes halogenated alkanes) is 2. The Labute approximate surface area is 121 Å². The molecule has 0 radical (unpaired) electrons. The van der Waals surface area contributed by atoms with Gasteiger partial charge in [0, 0.05) is 11.5 Å². The van der Waals surface area contributed by atoms with E-state index in [9.17, 15) is 14.7 Å². The average Bonchev–Trinajstić information content (AvgIpc) is 2.37. The van der Waals surface area contributed by atoms with E-state index in [1.54, 1.807) is 0 Å². The van der Waals surface area contributed by atoms with Crippen molar-refractivity contribution < 1.29 is 5.11 Å². The number of hydrogen-bond acceptors (Lipinski definition) is 5. The second-order valence-electron chi connectivity index (χ2n) is 4.09. The Bertz CT molecular complexity index is 511. The van der Waals surface area contributed by atoms with Crippen LogP contribution in [0.5, 0.6) is 5.88 Å². The maximum atomic E-state index is 12.1. The summed E-state index contributed by atoms with van der Waals surface area (Å²) in [5, 5.41) is 9.69. The molecule has 0 aliphatic heterocycles. The lowest BCUT2D eigenvalue weighted by atomic mass is 10.4. The quantitative estimate of drug-likeness (QED) is 0.747. The molecule has 0 fully saturated rings. The third kappa shape index (κ3) is 4.65. The van der Waals surface area contributed by atoms with Crippen LogP contribution in [0.1, 0.15) is 39.5 Å². The van der Waals surface area contributed by atoms with Crippen LogP contribution in [0, 0.1) is 0 Å². The first-order chi connectivity index (χ1) is 9.11. The van der Waals surface area contributed by atoms with Crippen LogP contribution in [0.2, 0.25) is 0 Å². The van der Waals surface area contributed by atoms with Crippen molar-refractivity contribution in [3.63, 3.8) is 0 Å². The molecule has 1 heterocycles. The van der Waals surface area contributed by atoms with Crippen molar-refractivity contribution in [2.75, 3.05) is 11.5 Å². The van der Waals surface area contributed by atoms with Gasteiger partial charge in [0.05, 0.1) is 6.07 Å². The van der Waals surface area contributed by atoms with Crippen LogP contribution in [0.15, 0.2) is 15.7 Å². The summed E-state index contributed by atoms with van der Waals surface area (Å²) >= 11 is 2.45. The predicted molar refractivity (Wildman–Crippen MR) is 82.2 cm³/mol. The highest BCUT2D eigenvalue weighted by molar-refractivity contribution is 7.98. The van der Waals surface area contributed by atoms with Gasteiger partial charge in [-0.3, -0.25) is 4.79 Å². The summed E-state index contributed by atoms with van der Waals surface area (Å²) in [6.45, 7) is 4.11. The summed E-state index contributed by atoms with van der Waals surface area (Å²) in [4.78, 5) is 23.8. The molecule has 1 rings (SSSR count). The van der Waals surface area contributed by atoms with E-state index in [4.69, 9.17) is 0 Å². The average molecular weight is 304 g/mol. The molecule has 1 N–H and O–H groups in total. The first-order valence-corrected chi connectivity index (χ1v) is 8.35. The van der Waals surface area contributed by atoms with Gasteiger partial charge in [0.25, 0.3) is 5.56 Å². The van der Waals surface area contributed by atoms with Crippen LogP contribution in [-0.2, 0) is 0 Å². The fourth-order valence-electron chi connectivity index (χ4n) is 1.34. The molecule has 0 unspecified atom stereocenters. The van der Waals surface area contributed by atoms with E-state index in [1.807, 2.05) is 0 Å². The summed E-state index contributed by atoms with van der Waals surface area (Å²) in [6, 6.07) is 1.10. The van der Waals surface area contributed by atoms with Gasteiger partial charge in [-0.25, -0.2) is 8.77 Å². The molecule has 0 amide bonds. The van der Waals surface area contributed by atoms with Crippen molar-refractivity contribution in [3.05, 3.63) is 26.9 Å². The summed E-state index contributed by atoms with van der Waals surface area (Å²) in [5.74, 6) is 1.18. The molecule has 108 valence electrons. The van der Waals surface area contributed by atoms with Gasteiger partial charge in [-0.15, -0.1) is 0 Å². The molecular weight excluding hydrogens is 284 g/mol. The molecule has 1 aromatic heterocycles. The molecule has 19 heavy (non-hydrogen) atoms. The third-order valence-corrected chi connectivity index (χ3v) is 4.58. The number of aromatic nitrogens is 2. The van der Waals surface area contributed by atoms with Gasteiger partial charge in [-0.05, 0) is 36.7 Å². The van der Waals surface area contributed by atoms with E-state index in [2.05, 4.69) is 13.8 Å². The highest BCUT2D eigenvalue weighted by Crippen LogP contribution is 2.14. The van der Waals surface area contributed by atoms with Crippen LogP contribution < -0.4 is 11.2 Å². The number of hydrogen-bond donors (Lipinski definition) is 1. The van der Waals surface area contributed by atoms with Crippen molar-refractivity contribution in [1.29, 1.82) is 0 Å². The molecule has 5 nitrogen and oxygen atoms in total. The third-order valence-electron chi connectivity index (χ3n) is 2.44. The van der Waals surface area contributed by atoms with Crippen LogP contribution in [0.4, 0.5) is 0 Å². The van der Waals surface area contributed by atoms with E-state index in [0.29, 0.717) is 0 Å². The smallest absolute Gasteiger partial charge is 0.354 e. The van der Waals surface area contributed by atoms with E-state index in [1.165, 1.54) is 27.9 Å². The van der Waals surface area contributed by atoms with Gasteiger partial charge in [0.15, 0.2) is 0 Å². The van der Waals surface area contributed by atoms with Gasteiger partial charge < -0.3 is 5.11 Å². The normalized spacial score (nSPS) is 10.8. The summed E-state index contributed by atoms with van der Waals surface area (Å²) in [6.07, 6.45) is 3.94. The highest BCUT2D eigenvalue weighted by atomic mass is 32.2. The van der Waals surface area contributed by atoms with Crippen LogP contribution >= 0.6 is 23.9 Å². The fraction of sp³-hybridized carbons (Fsp3) is 0.667. The van der Waals surface area contributed by atoms with Crippen molar-refractivity contribution in [2.45, 2.75) is 39.5 Å². The number of nitrogens with zero attached hydrogens (tertiary/aromatic N) is 2. The SMILES string of the molecule is CCCCSn1c(O)cc(=O)n(SCCCC)c1=O. The van der Waals surface area contributed by atoms with E-state index >= 15 is 0 Å². The molecule has 0 aromatic carbocycles. The van der Waals surface area contributed by atoms with Gasteiger partial charge in [-0.2, -0.15) is 3.97 Å². The zero-order valence-corrected chi connectivity index (χ0v) is 12.9. The fourth-order valence-corrected chi connectivity index (χ4v) is 3.34. The minimum Gasteiger partial charge on any atom is -0.494 e. The van der Waals surface area contributed by atoms with Crippen LogP contribution in [0.25, 0.3) is 0 Å². The first-order valence-electron chi connectivity index (χ1n) is 6.46. The first kappa shape index (κ1) is 16.2. The molecule has 0 atom stereocenters. The molecule has 0 spiro atoms. The van der Waals surface area contributed by atoms with Crippen LogP contribution in [-0.4, -0.2) is 24.6 Å².